The number of imidazole rings is 1. The lowest BCUT2D eigenvalue weighted by Gasteiger charge is -2.34. The summed E-state index contributed by atoms with van der Waals surface area (Å²) in [5.74, 6) is 1.66. The minimum absolute atomic E-state index is 0.305. The Bertz CT molecular complexity index is 404. The fraction of sp³-hybridized carbons (Fsp3) is 0.786. The second kappa shape index (κ2) is 6.39. The first-order valence-corrected chi connectivity index (χ1v) is 7.15. The molecule has 5 nitrogen and oxygen atoms in total. The fourth-order valence-corrected chi connectivity index (χ4v) is 2.82. The van der Waals surface area contributed by atoms with E-state index in [9.17, 15) is 0 Å². The van der Waals surface area contributed by atoms with Crippen molar-refractivity contribution >= 4 is 5.95 Å². The van der Waals surface area contributed by atoms with E-state index < -0.39 is 0 Å². The number of piperidine rings is 1. The van der Waals surface area contributed by atoms with E-state index >= 15 is 0 Å². The normalized spacial score (nSPS) is 21.7. The lowest BCUT2D eigenvalue weighted by atomic mass is 9.99. The van der Waals surface area contributed by atoms with Crippen LogP contribution in [0, 0.1) is 12.8 Å². The third-order valence-electron chi connectivity index (χ3n) is 3.85. The van der Waals surface area contributed by atoms with Gasteiger partial charge < -0.3 is 19.9 Å². The van der Waals surface area contributed by atoms with Crippen LogP contribution in [0.5, 0.6) is 0 Å². The third-order valence-corrected chi connectivity index (χ3v) is 3.85. The summed E-state index contributed by atoms with van der Waals surface area (Å²) in [6.45, 7) is 7.78. The van der Waals surface area contributed by atoms with Crippen molar-refractivity contribution in [1.82, 2.24) is 9.55 Å². The van der Waals surface area contributed by atoms with Gasteiger partial charge >= 0.3 is 0 Å². The molecule has 1 aliphatic heterocycles. The van der Waals surface area contributed by atoms with Crippen LogP contribution in [0.2, 0.25) is 0 Å². The zero-order valence-electron chi connectivity index (χ0n) is 12.3. The molecule has 1 aromatic rings. The van der Waals surface area contributed by atoms with Crippen LogP contribution in [0.3, 0.4) is 0 Å². The highest BCUT2D eigenvalue weighted by molar-refractivity contribution is 5.35. The number of hydrogen-bond donors (Lipinski definition) is 1. The molecule has 108 valence electrons. The maximum absolute atomic E-state index is 5.82. The molecule has 1 aliphatic rings. The van der Waals surface area contributed by atoms with Crippen LogP contribution in [-0.2, 0) is 4.74 Å². The summed E-state index contributed by atoms with van der Waals surface area (Å²) < 4.78 is 7.50. The molecule has 0 saturated carbocycles. The van der Waals surface area contributed by atoms with Crippen molar-refractivity contribution in [3.05, 3.63) is 11.9 Å². The highest BCUT2D eigenvalue weighted by atomic mass is 16.5. The molecule has 0 aromatic carbocycles. The van der Waals surface area contributed by atoms with E-state index in [-0.39, 0.29) is 0 Å². The number of anilines is 1. The average molecular weight is 266 g/mol. The predicted octanol–water partition coefficient (Wildman–Crippen LogP) is 1.57. The molecule has 2 atom stereocenters. The summed E-state index contributed by atoms with van der Waals surface area (Å²) in [4.78, 5) is 7.07. The lowest BCUT2D eigenvalue weighted by Crippen LogP contribution is -2.40. The van der Waals surface area contributed by atoms with E-state index in [1.165, 1.54) is 12.8 Å². The van der Waals surface area contributed by atoms with Gasteiger partial charge in [-0.05, 0) is 39.2 Å². The van der Waals surface area contributed by atoms with E-state index in [0.717, 1.165) is 31.3 Å². The largest absolute Gasteiger partial charge is 0.383 e. The monoisotopic (exact) mass is 266 g/mol. The molecule has 2 N–H and O–H groups in total. The predicted molar refractivity (Wildman–Crippen MR) is 77.5 cm³/mol. The first-order chi connectivity index (χ1) is 9.15. The van der Waals surface area contributed by atoms with Gasteiger partial charge in [0.05, 0.1) is 18.3 Å². The van der Waals surface area contributed by atoms with Gasteiger partial charge in [-0.15, -0.1) is 0 Å². The van der Waals surface area contributed by atoms with Gasteiger partial charge in [0.1, 0.15) is 0 Å². The molecule has 0 aliphatic carbocycles. The van der Waals surface area contributed by atoms with Gasteiger partial charge in [0.15, 0.2) is 0 Å². The Morgan fingerprint density at radius 1 is 1.58 bits per heavy atom. The summed E-state index contributed by atoms with van der Waals surface area (Å²) in [7, 11) is 1.74. The van der Waals surface area contributed by atoms with Crippen LogP contribution in [0.15, 0.2) is 6.20 Å². The number of hydrogen-bond acceptors (Lipinski definition) is 4. The fourth-order valence-electron chi connectivity index (χ4n) is 2.82. The van der Waals surface area contributed by atoms with E-state index in [0.29, 0.717) is 18.6 Å². The minimum atomic E-state index is 0.305. The number of aromatic nitrogens is 2. The SMILES string of the molecule is COCC(C)n1cc(C)nc1N1CCCC(CN)C1. The van der Waals surface area contributed by atoms with Gasteiger partial charge in [0, 0.05) is 26.4 Å². The van der Waals surface area contributed by atoms with Crippen molar-refractivity contribution in [3.63, 3.8) is 0 Å². The molecule has 1 fully saturated rings. The average Bonchev–Trinajstić information content (AvgIpc) is 2.81. The van der Waals surface area contributed by atoms with Crippen LogP contribution in [0.25, 0.3) is 0 Å². The molecule has 2 heterocycles. The quantitative estimate of drug-likeness (QED) is 0.879. The Morgan fingerprint density at radius 2 is 2.37 bits per heavy atom. The van der Waals surface area contributed by atoms with Crippen molar-refractivity contribution in [2.75, 3.05) is 38.3 Å². The zero-order valence-corrected chi connectivity index (χ0v) is 12.3. The molecule has 2 rings (SSSR count). The molecule has 19 heavy (non-hydrogen) atoms. The molecule has 0 amide bonds. The molecule has 1 saturated heterocycles. The molecule has 0 spiro atoms. The Morgan fingerprint density at radius 3 is 3.05 bits per heavy atom. The van der Waals surface area contributed by atoms with Crippen molar-refractivity contribution < 1.29 is 4.74 Å². The van der Waals surface area contributed by atoms with Gasteiger partial charge in [-0.1, -0.05) is 0 Å². The van der Waals surface area contributed by atoms with Crippen LogP contribution in [-0.4, -0.2) is 42.9 Å². The maximum atomic E-state index is 5.82. The molecule has 5 heteroatoms. The summed E-state index contributed by atoms with van der Waals surface area (Å²) >= 11 is 0. The topological polar surface area (TPSA) is 56.3 Å². The van der Waals surface area contributed by atoms with Crippen molar-refractivity contribution in [2.45, 2.75) is 32.7 Å². The van der Waals surface area contributed by atoms with Gasteiger partial charge in [0.2, 0.25) is 5.95 Å². The Labute approximate surface area is 115 Å². The van der Waals surface area contributed by atoms with Crippen molar-refractivity contribution in [2.24, 2.45) is 11.7 Å². The number of ether oxygens (including phenoxy) is 1. The van der Waals surface area contributed by atoms with Crippen LogP contribution in [0.1, 0.15) is 31.5 Å². The van der Waals surface area contributed by atoms with E-state index in [1.807, 2.05) is 6.92 Å². The molecule has 1 aromatic heterocycles. The Kier molecular flexibility index (Phi) is 4.82. The summed E-state index contributed by atoms with van der Waals surface area (Å²) in [5.41, 5.74) is 6.88. The number of rotatable bonds is 5. The first-order valence-electron chi connectivity index (χ1n) is 7.15. The van der Waals surface area contributed by atoms with E-state index in [4.69, 9.17) is 15.5 Å². The zero-order chi connectivity index (χ0) is 13.8. The second-order valence-corrected chi connectivity index (χ2v) is 5.58. The number of aryl methyl sites for hydroxylation is 1. The lowest BCUT2D eigenvalue weighted by molar-refractivity contribution is 0.162. The minimum Gasteiger partial charge on any atom is -0.383 e. The van der Waals surface area contributed by atoms with Crippen LogP contribution in [0.4, 0.5) is 5.95 Å². The number of nitrogens with two attached hydrogens (primary N) is 1. The molecule has 0 radical (unpaired) electrons. The number of nitrogens with zero attached hydrogens (tertiary/aromatic N) is 3. The first kappa shape index (κ1) is 14.3. The Hall–Kier alpha value is -1.07. The third kappa shape index (κ3) is 3.28. The van der Waals surface area contributed by atoms with E-state index in [1.54, 1.807) is 7.11 Å². The molecule has 0 bridgehead atoms. The maximum Gasteiger partial charge on any atom is 0.206 e. The standard InChI is InChI=1S/C14H26N4O/c1-11-8-18(12(2)10-19-3)14(16-11)17-6-4-5-13(7-15)9-17/h8,12-13H,4-7,9-10,15H2,1-3H3. The van der Waals surface area contributed by atoms with Gasteiger partial charge in [0.25, 0.3) is 0 Å². The van der Waals surface area contributed by atoms with Crippen LogP contribution >= 0.6 is 0 Å². The summed E-state index contributed by atoms with van der Waals surface area (Å²) in [5, 5.41) is 0. The Balaban J connectivity index is 2.18. The summed E-state index contributed by atoms with van der Waals surface area (Å²) in [6.07, 6.45) is 4.55. The smallest absolute Gasteiger partial charge is 0.206 e. The number of methoxy groups -OCH3 is 1. The van der Waals surface area contributed by atoms with Crippen LogP contribution < -0.4 is 10.6 Å². The summed E-state index contributed by atoms with van der Waals surface area (Å²) in [6, 6.07) is 0.305. The second-order valence-electron chi connectivity index (χ2n) is 5.58. The highest BCUT2D eigenvalue weighted by Gasteiger charge is 2.23. The molecular weight excluding hydrogens is 240 g/mol. The molecular formula is C14H26N4O. The van der Waals surface area contributed by atoms with Crippen molar-refractivity contribution in [1.29, 1.82) is 0 Å². The highest BCUT2D eigenvalue weighted by Crippen LogP contribution is 2.25. The van der Waals surface area contributed by atoms with Crippen molar-refractivity contribution in [3.8, 4) is 0 Å². The van der Waals surface area contributed by atoms with Gasteiger partial charge in [-0.25, -0.2) is 4.98 Å². The van der Waals surface area contributed by atoms with Gasteiger partial charge in [-0.2, -0.15) is 0 Å². The van der Waals surface area contributed by atoms with E-state index in [2.05, 4.69) is 22.6 Å². The van der Waals surface area contributed by atoms with Gasteiger partial charge in [-0.3, -0.25) is 0 Å². The molecule has 2 unspecified atom stereocenters.